The van der Waals surface area contributed by atoms with Gasteiger partial charge < -0.3 is 5.32 Å². The van der Waals surface area contributed by atoms with Crippen LogP contribution >= 0.6 is 11.8 Å². The third kappa shape index (κ3) is 7.58. The van der Waals surface area contributed by atoms with Crippen molar-refractivity contribution in [1.29, 1.82) is 0 Å². The van der Waals surface area contributed by atoms with Crippen LogP contribution in [0.25, 0.3) is 17.1 Å². The second-order valence-corrected chi connectivity index (χ2v) is 11.3. The number of amides is 1. The molecule has 1 aliphatic rings. The Morgan fingerprint density at radius 1 is 0.897 bits per heavy atom. The molecule has 1 amide bonds. The molecule has 0 spiro atoms. The monoisotopic (exact) mass is 539 g/mol. The van der Waals surface area contributed by atoms with Gasteiger partial charge in [-0.25, -0.2) is 0 Å². The average Bonchev–Trinajstić information content (AvgIpc) is 3.39. The summed E-state index contributed by atoms with van der Waals surface area (Å²) in [5, 5.41) is 13.2. The number of rotatable bonds is 11. The standard InChI is InChI=1S/C32H37N5OS/c1-25-15-17-27(18-16-25)31-34-35-32(37(31)29-12-6-3-7-13-29)39-23-9-8-14-30(38)33-28-19-21-36(22-20-28)24-26-10-4-2-5-11-26/h2-7,10-13,15-18,28H,8-9,14,19-24H2,1H3,(H,33,38). The molecule has 1 N–H and O–H groups in total. The molecule has 4 aromatic rings. The molecule has 2 heterocycles. The zero-order valence-corrected chi connectivity index (χ0v) is 23.4. The summed E-state index contributed by atoms with van der Waals surface area (Å²) in [5.74, 6) is 1.91. The Kier molecular flexibility index (Phi) is 9.46. The van der Waals surface area contributed by atoms with Gasteiger partial charge in [0.2, 0.25) is 5.91 Å². The third-order valence-corrected chi connectivity index (χ3v) is 8.20. The maximum absolute atomic E-state index is 12.6. The number of piperidine rings is 1. The lowest BCUT2D eigenvalue weighted by Gasteiger charge is -2.32. The maximum atomic E-state index is 12.6. The summed E-state index contributed by atoms with van der Waals surface area (Å²) < 4.78 is 2.13. The maximum Gasteiger partial charge on any atom is 0.220 e. The second-order valence-electron chi connectivity index (χ2n) is 10.3. The normalized spacial score (nSPS) is 14.4. The molecule has 0 radical (unpaired) electrons. The zero-order valence-electron chi connectivity index (χ0n) is 22.6. The number of nitrogens with one attached hydrogen (secondary N) is 1. The molecule has 0 aliphatic carbocycles. The molecule has 0 bridgehead atoms. The number of para-hydroxylation sites is 1. The number of carbonyl (C=O) groups is 1. The summed E-state index contributed by atoms with van der Waals surface area (Å²) in [6.07, 6.45) is 4.44. The number of unbranched alkanes of at least 4 members (excludes halogenated alkanes) is 1. The predicted octanol–water partition coefficient (Wildman–Crippen LogP) is 6.29. The average molecular weight is 540 g/mol. The van der Waals surface area contributed by atoms with E-state index in [0.29, 0.717) is 12.5 Å². The Balaban J connectivity index is 1.07. The summed E-state index contributed by atoms with van der Waals surface area (Å²) in [7, 11) is 0. The van der Waals surface area contributed by atoms with Gasteiger partial charge in [-0.3, -0.25) is 14.3 Å². The number of hydrogen-bond donors (Lipinski definition) is 1. The van der Waals surface area contributed by atoms with E-state index in [1.165, 1.54) is 11.1 Å². The van der Waals surface area contributed by atoms with Crippen LogP contribution in [0.5, 0.6) is 0 Å². The Bertz CT molecular complexity index is 1320. The molecule has 6 nitrogen and oxygen atoms in total. The molecule has 3 aromatic carbocycles. The number of nitrogens with zero attached hydrogens (tertiary/aromatic N) is 4. The highest BCUT2D eigenvalue weighted by atomic mass is 32.2. The van der Waals surface area contributed by atoms with E-state index < -0.39 is 0 Å². The number of aromatic nitrogens is 3. The fourth-order valence-corrected chi connectivity index (χ4v) is 5.94. The van der Waals surface area contributed by atoms with Crippen molar-refractivity contribution in [2.45, 2.75) is 56.8 Å². The van der Waals surface area contributed by atoms with Gasteiger partial charge in [0.15, 0.2) is 11.0 Å². The predicted molar refractivity (Wildman–Crippen MR) is 159 cm³/mol. The van der Waals surface area contributed by atoms with Crippen molar-refractivity contribution < 1.29 is 4.79 Å². The number of hydrogen-bond acceptors (Lipinski definition) is 5. The van der Waals surface area contributed by atoms with Crippen molar-refractivity contribution in [1.82, 2.24) is 25.0 Å². The molecule has 1 aliphatic heterocycles. The lowest BCUT2D eigenvalue weighted by Crippen LogP contribution is -2.44. The van der Waals surface area contributed by atoms with Gasteiger partial charge in [0.1, 0.15) is 0 Å². The minimum Gasteiger partial charge on any atom is -0.353 e. The van der Waals surface area contributed by atoms with Crippen LogP contribution in [0.1, 0.15) is 43.2 Å². The fraction of sp³-hybridized carbons (Fsp3) is 0.344. The summed E-state index contributed by atoms with van der Waals surface area (Å²) in [5.41, 5.74) is 4.67. The fourth-order valence-electron chi connectivity index (χ4n) is 4.99. The third-order valence-electron chi connectivity index (χ3n) is 7.19. The van der Waals surface area contributed by atoms with Gasteiger partial charge in [-0.15, -0.1) is 10.2 Å². The van der Waals surface area contributed by atoms with Crippen molar-refractivity contribution in [3.8, 4) is 17.1 Å². The Labute approximate surface area is 235 Å². The lowest BCUT2D eigenvalue weighted by atomic mass is 10.0. The molecule has 1 saturated heterocycles. The highest BCUT2D eigenvalue weighted by Crippen LogP contribution is 2.28. The number of thioether (sulfide) groups is 1. The number of carbonyl (C=O) groups excluding carboxylic acids is 1. The number of benzene rings is 3. The van der Waals surface area contributed by atoms with E-state index in [2.05, 4.69) is 98.6 Å². The van der Waals surface area contributed by atoms with Crippen LogP contribution in [0.2, 0.25) is 0 Å². The van der Waals surface area contributed by atoms with Crippen LogP contribution in [0.4, 0.5) is 0 Å². The van der Waals surface area contributed by atoms with E-state index in [4.69, 9.17) is 0 Å². The van der Waals surface area contributed by atoms with Crippen LogP contribution < -0.4 is 5.32 Å². The lowest BCUT2D eigenvalue weighted by molar-refractivity contribution is -0.122. The Hall–Kier alpha value is -3.42. The van der Waals surface area contributed by atoms with E-state index >= 15 is 0 Å². The van der Waals surface area contributed by atoms with E-state index in [1.54, 1.807) is 11.8 Å². The first kappa shape index (κ1) is 27.2. The molecule has 5 rings (SSSR count). The van der Waals surface area contributed by atoms with Crippen molar-refractivity contribution in [2.75, 3.05) is 18.8 Å². The summed E-state index contributed by atoms with van der Waals surface area (Å²) in [4.78, 5) is 15.1. The quantitative estimate of drug-likeness (QED) is 0.179. The van der Waals surface area contributed by atoms with Crippen LogP contribution in [0, 0.1) is 6.92 Å². The first-order chi connectivity index (χ1) is 19.2. The van der Waals surface area contributed by atoms with Gasteiger partial charge in [0.05, 0.1) is 0 Å². The zero-order chi connectivity index (χ0) is 26.9. The summed E-state index contributed by atoms with van der Waals surface area (Å²) in [6.45, 7) is 5.14. The van der Waals surface area contributed by atoms with Crippen molar-refractivity contribution >= 4 is 17.7 Å². The van der Waals surface area contributed by atoms with Crippen LogP contribution in [0.15, 0.2) is 90.1 Å². The van der Waals surface area contributed by atoms with Crippen LogP contribution in [-0.2, 0) is 11.3 Å². The van der Waals surface area contributed by atoms with Crippen LogP contribution in [-0.4, -0.2) is 50.5 Å². The molecule has 39 heavy (non-hydrogen) atoms. The highest BCUT2D eigenvalue weighted by molar-refractivity contribution is 7.99. The van der Waals surface area contributed by atoms with Gasteiger partial charge in [0.25, 0.3) is 0 Å². The SMILES string of the molecule is Cc1ccc(-c2nnc(SCCCCC(=O)NC3CCN(Cc4ccccc4)CC3)n2-c2ccccc2)cc1. The summed E-state index contributed by atoms with van der Waals surface area (Å²) in [6, 6.07) is 29.6. The first-order valence-corrected chi connectivity index (χ1v) is 14.9. The van der Waals surface area contributed by atoms with Gasteiger partial charge in [-0.1, -0.05) is 90.1 Å². The van der Waals surface area contributed by atoms with E-state index in [1.807, 2.05) is 18.2 Å². The molecule has 1 aromatic heterocycles. The first-order valence-electron chi connectivity index (χ1n) is 13.9. The molecule has 7 heteroatoms. The van der Waals surface area contributed by atoms with E-state index in [9.17, 15) is 4.79 Å². The molecule has 202 valence electrons. The molecule has 1 fully saturated rings. The minimum absolute atomic E-state index is 0.176. The smallest absolute Gasteiger partial charge is 0.220 e. The Morgan fingerprint density at radius 3 is 2.31 bits per heavy atom. The highest BCUT2D eigenvalue weighted by Gasteiger charge is 2.21. The largest absolute Gasteiger partial charge is 0.353 e. The summed E-state index contributed by atoms with van der Waals surface area (Å²) >= 11 is 1.70. The minimum atomic E-state index is 0.176. The molecular formula is C32H37N5OS. The van der Waals surface area contributed by atoms with Crippen molar-refractivity contribution in [3.05, 3.63) is 96.1 Å². The van der Waals surface area contributed by atoms with Crippen molar-refractivity contribution in [2.24, 2.45) is 0 Å². The molecule has 0 unspecified atom stereocenters. The van der Waals surface area contributed by atoms with Gasteiger partial charge in [0, 0.05) is 49.1 Å². The molecular weight excluding hydrogens is 502 g/mol. The van der Waals surface area contributed by atoms with E-state index in [0.717, 1.165) is 73.3 Å². The molecule has 0 atom stereocenters. The Morgan fingerprint density at radius 2 is 1.59 bits per heavy atom. The molecule has 0 saturated carbocycles. The van der Waals surface area contributed by atoms with Crippen molar-refractivity contribution in [3.63, 3.8) is 0 Å². The number of likely N-dealkylation sites (tertiary alicyclic amines) is 1. The van der Waals surface area contributed by atoms with Gasteiger partial charge >= 0.3 is 0 Å². The van der Waals surface area contributed by atoms with Crippen LogP contribution in [0.3, 0.4) is 0 Å². The number of aryl methyl sites for hydroxylation is 1. The van der Waals surface area contributed by atoms with E-state index in [-0.39, 0.29) is 5.91 Å². The topological polar surface area (TPSA) is 63.1 Å². The van der Waals surface area contributed by atoms with Gasteiger partial charge in [-0.05, 0) is 50.3 Å². The second kappa shape index (κ2) is 13.6. The van der Waals surface area contributed by atoms with Gasteiger partial charge in [-0.2, -0.15) is 0 Å².